The highest BCUT2D eigenvalue weighted by atomic mass is 32.1. The first-order valence-electron chi connectivity index (χ1n) is 7.22. The van der Waals surface area contributed by atoms with Crippen molar-refractivity contribution >= 4 is 22.2 Å². The van der Waals surface area contributed by atoms with Crippen LogP contribution in [0.2, 0.25) is 0 Å². The number of hydrogen-bond acceptors (Lipinski definition) is 4. The smallest absolute Gasteiger partial charge is 0.0898 e. The number of aromatic nitrogens is 2. The lowest BCUT2D eigenvalue weighted by Gasteiger charge is -2.12. The second-order valence-corrected chi connectivity index (χ2v) is 6.27. The molecule has 0 aliphatic carbocycles. The molecule has 108 valence electrons. The molecule has 0 aliphatic heterocycles. The highest BCUT2D eigenvalue weighted by molar-refractivity contribution is 7.09. The Morgan fingerprint density at radius 2 is 2.10 bits per heavy atom. The maximum absolute atomic E-state index is 4.53. The van der Waals surface area contributed by atoms with Crippen molar-refractivity contribution in [2.45, 2.75) is 26.3 Å². The Balaban J connectivity index is 1.64. The van der Waals surface area contributed by atoms with Gasteiger partial charge >= 0.3 is 0 Å². The number of nitrogens with one attached hydrogen (secondary N) is 1. The van der Waals surface area contributed by atoms with Crippen LogP contribution in [0.3, 0.4) is 0 Å². The van der Waals surface area contributed by atoms with Crippen molar-refractivity contribution in [3.63, 3.8) is 0 Å². The summed E-state index contributed by atoms with van der Waals surface area (Å²) in [6, 6.07) is 10.8. The molecule has 1 aromatic carbocycles. The summed E-state index contributed by atoms with van der Waals surface area (Å²) in [7, 11) is 0. The van der Waals surface area contributed by atoms with Gasteiger partial charge in [-0.15, -0.1) is 11.3 Å². The van der Waals surface area contributed by atoms with E-state index in [2.05, 4.69) is 51.9 Å². The molecular formula is C17H19N3S. The average Bonchev–Trinajstić information content (AvgIpc) is 2.94. The Morgan fingerprint density at radius 3 is 2.90 bits per heavy atom. The van der Waals surface area contributed by atoms with E-state index in [1.807, 2.05) is 19.2 Å². The molecule has 4 heteroatoms. The van der Waals surface area contributed by atoms with E-state index < -0.39 is 0 Å². The number of fused-ring (bicyclic) bond motifs is 1. The maximum Gasteiger partial charge on any atom is 0.0898 e. The molecule has 0 saturated carbocycles. The van der Waals surface area contributed by atoms with Gasteiger partial charge < -0.3 is 5.32 Å². The summed E-state index contributed by atoms with van der Waals surface area (Å²) >= 11 is 1.70. The van der Waals surface area contributed by atoms with E-state index in [1.165, 1.54) is 10.9 Å². The number of nitrogens with zero attached hydrogens (tertiary/aromatic N) is 2. The Morgan fingerprint density at radius 1 is 1.24 bits per heavy atom. The lowest BCUT2D eigenvalue weighted by molar-refractivity contribution is 0.566. The van der Waals surface area contributed by atoms with Crippen molar-refractivity contribution in [3.8, 4) is 0 Å². The van der Waals surface area contributed by atoms with Crippen LogP contribution in [0, 0.1) is 6.92 Å². The van der Waals surface area contributed by atoms with Crippen LogP contribution in [-0.2, 0) is 6.42 Å². The first-order valence-corrected chi connectivity index (χ1v) is 8.10. The van der Waals surface area contributed by atoms with Crippen molar-refractivity contribution in [2.75, 3.05) is 6.54 Å². The molecular weight excluding hydrogens is 278 g/mol. The van der Waals surface area contributed by atoms with Crippen molar-refractivity contribution < 1.29 is 0 Å². The van der Waals surface area contributed by atoms with Gasteiger partial charge in [-0.1, -0.05) is 24.3 Å². The lowest BCUT2D eigenvalue weighted by atomic mass is 10.1. The number of benzene rings is 1. The first-order chi connectivity index (χ1) is 10.2. The molecule has 3 aromatic rings. The third kappa shape index (κ3) is 3.28. The average molecular weight is 297 g/mol. The topological polar surface area (TPSA) is 37.8 Å². The van der Waals surface area contributed by atoms with E-state index in [0.717, 1.165) is 29.2 Å². The van der Waals surface area contributed by atoms with Crippen molar-refractivity contribution in [1.29, 1.82) is 0 Å². The maximum atomic E-state index is 4.53. The molecule has 2 aromatic heterocycles. The van der Waals surface area contributed by atoms with E-state index in [0.29, 0.717) is 0 Å². The normalized spacial score (nSPS) is 12.7. The molecule has 0 radical (unpaired) electrons. The van der Waals surface area contributed by atoms with Crippen LogP contribution >= 0.6 is 11.3 Å². The number of thiazole rings is 1. The molecule has 21 heavy (non-hydrogen) atoms. The predicted octanol–water partition coefficient (Wildman–Crippen LogP) is 3.89. The van der Waals surface area contributed by atoms with Crippen LogP contribution in [0.4, 0.5) is 0 Å². The van der Waals surface area contributed by atoms with Crippen LogP contribution < -0.4 is 5.32 Å². The quantitative estimate of drug-likeness (QED) is 0.776. The van der Waals surface area contributed by atoms with Gasteiger partial charge in [0.25, 0.3) is 0 Å². The summed E-state index contributed by atoms with van der Waals surface area (Å²) in [5, 5.41) is 8.00. The van der Waals surface area contributed by atoms with E-state index in [1.54, 1.807) is 11.3 Å². The SMILES string of the molecule is Cc1nc(C(C)NCCc2cccc3cccnc23)cs1. The summed E-state index contributed by atoms with van der Waals surface area (Å²) < 4.78 is 0. The van der Waals surface area contributed by atoms with Gasteiger partial charge in [0, 0.05) is 23.0 Å². The molecule has 0 fully saturated rings. The van der Waals surface area contributed by atoms with Gasteiger partial charge in [-0.25, -0.2) is 4.98 Å². The second kappa shape index (κ2) is 6.33. The fourth-order valence-corrected chi connectivity index (χ4v) is 3.18. The number of aryl methyl sites for hydroxylation is 1. The summed E-state index contributed by atoms with van der Waals surface area (Å²) in [6.07, 6.45) is 2.84. The van der Waals surface area contributed by atoms with Gasteiger partial charge in [0.05, 0.1) is 16.2 Å². The highest BCUT2D eigenvalue weighted by Gasteiger charge is 2.08. The van der Waals surface area contributed by atoms with Crippen LogP contribution in [0.1, 0.15) is 29.2 Å². The number of pyridine rings is 1. The summed E-state index contributed by atoms with van der Waals surface area (Å²) in [5.41, 5.74) is 3.54. The monoisotopic (exact) mass is 297 g/mol. The lowest BCUT2D eigenvalue weighted by Crippen LogP contribution is -2.21. The minimum Gasteiger partial charge on any atom is -0.308 e. The predicted molar refractivity (Wildman–Crippen MR) is 88.7 cm³/mol. The molecule has 1 atom stereocenters. The van der Waals surface area contributed by atoms with Gasteiger partial charge in [-0.05, 0) is 38.4 Å². The van der Waals surface area contributed by atoms with E-state index >= 15 is 0 Å². The van der Waals surface area contributed by atoms with E-state index in [9.17, 15) is 0 Å². The molecule has 1 unspecified atom stereocenters. The number of rotatable bonds is 5. The van der Waals surface area contributed by atoms with Gasteiger partial charge in [-0.2, -0.15) is 0 Å². The summed E-state index contributed by atoms with van der Waals surface area (Å²) in [4.78, 5) is 9.03. The largest absolute Gasteiger partial charge is 0.308 e. The van der Waals surface area contributed by atoms with E-state index in [4.69, 9.17) is 0 Å². The standard InChI is InChI=1S/C17H19N3S/c1-12(16-11-21-13(2)20-16)18-10-8-15-6-3-5-14-7-4-9-19-17(14)15/h3-7,9,11-12,18H,8,10H2,1-2H3. The van der Waals surface area contributed by atoms with Crippen molar-refractivity contribution in [1.82, 2.24) is 15.3 Å². The van der Waals surface area contributed by atoms with Gasteiger partial charge in [0.1, 0.15) is 0 Å². The van der Waals surface area contributed by atoms with Crippen LogP contribution in [-0.4, -0.2) is 16.5 Å². The van der Waals surface area contributed by atoms with Crippen molar-refractivity contribution in [2.24, 2.45) is 0 Å². The zero-order valence-corrected chi connectivity index (χ0v) is 13.2. The number of para-hydroxylation sites is 1. The molecule has 2 heterocycles. The van der Waals surface area contributed by atoms with Gasteiger partial charge in [0.2, 0.25) is 0 Å². The zero-order valence-electron chi connectivity index (χ0n) is 12.3. The molecule has 0 spiro atoms. The fraction of sp³-hybridized carbons (Fsp3) is 0.294. The molecule has 0 amide bonds. The minimum atomic E-state index is 0.290. The highest BCUT2D eigenvalue weighted by Crippen LogP contribution is 2.18. The van der Waals surface area contributed by atoms with Crippen LogP contribution in [0.15, 0.2) is 41.9 Å². The third-order valence-corrected chi connectivity index (χ3v) is 4.43. The van der Waals surface area contributed by atoms with Crippen LogP contribution in [0.25, 0.3) is 10.9 Å². The second-order valence-electron chi connectivity index (χ2n) is 5.21. The Bertz CT molecular complexity index is 730. The molecule has 3 rings (SSSR count). The minimum absolute atomic E-state index is 0.290. The molecule has 1 N–H and O–H groups in total. The molecule has 0 bridgehead atoms. The first kappa shape index (κ1) is 14.2. The van der Waals surface area contributed by atoms with Crippen molar-refractivity contribution in [3.05, 3.63) is 58.2 Å². The van der Waals surface area contributed by atoms with Crippen LogP contribution in [0.5, 0.6) is 0 Å². The van der Waals surface area contributed by atoms with Gasteiger partial charge in [-0.3, -0.25) is 4.98 Å². The Kier molecular flexibility index (Phi) is 4.27. The number of hydrogen-bond donors (Lipinski definition) is 1. The van der Waals surface area contributed by atoms with E-state index in [-0.39, 0.29) is 6.04 Å². The Labute approximate surface area is 129 Å². The zero-order chi connectivity index (χ0) is 14.7. The Hall–Kier alpha value is -1.78. The molecule has 0 saturated heterocycles. The molecule has 0 aliphatic rings. The molecule has 3 nitrogen and oxygen atoms in total. The third-order valence-electron chi connectivity index (χ3n) is 3.64. The summed E-state index contributed by atoms with van der Waals surface area (Å²) in [5.74, 6) is 0. The fourth-order valence-electron chi connectivity index (χ4n) is 2.48. The summed E-state index contributed by atoms with van der Waals surface area (Å²) in [6.45, 7) is 5.13. The van der Waals surface area contributed by atoms with Gasteiger partial charge in [0.15, 0.2) is 0 Å².